The smallest absolute Gasteiger partial charge is 0.387 e. The van der Waals surface area contributed by atoms with Crippen LogP contribution < -0.4 is 4.84 Å². The molecular formula is C37H67N4O9PS2. The molecule has 0 amide bonds. The zero-order valence-electron chi connectivity index (χ0n) is 32.3. The van der Waals surface area contributed by atoms with E-state index < -0.39 is 39.0 Å². The fraction of sp³-hybridized carbons (Fsp3) is 0.865. The van der Waals surface area contributed by atoms with Crippen LogP contribution in [0.5, 0.6) is 0 Å². The van der Waals surface area contributed by atoms with Gasteiger partial charge in [0.2, 0.25) is 0 Å². The van der Waals surface area contributed by atoms with E-state index >= 15 is 0 Å². The Morgan fingerprint density at radius 3 is 2.17 bits per heavy atom. The molecule has 4 N–H and O–H groups in total. The zero-order chi connectivity index (χ0) is 38.3. The number of fused-ring (bicyclic) bond motifs is 1. The summed E-state index contributed by atoms with van der Waals surface area (Å²) in [5.74, 6) is 1.15. The van der Waals surface area contributed by atoms with Crippen LogP contribution in [-0.2, 0) is 23.1 Å². The number of thioether (sulfide) groups is 1. The van der Waals surface area contributed by atoms with E-state index in [4.69, 9.17) is 35.6 Å². The molecule has 1 fully saturated rings. The summed E-state index contributed by atoms with van der Waals surface area (Å²) in [6.07, 6.45) is 21.4. The SMILES string of the molecule is CCCCCCCCCCCCCCSC(CCCCCCC)C(C)OCCCOP(=O)(O)OC[C@H]1O[C@@H](On2cnc3c(=S)nc[nH]c32)[C@H](O)[C@@H]1O. The van der Waals surface area contributed by atoms with Gasteiger partial charge in [-0.25, -0.2) is 14.5 Å². The number of aromatic amines is 1. The Kier molecular flexibility index (Phi) is 23.3. The molecule has 3 rings (SSSR count). The van der Waals surface area contributed by atoms with Crippen molar-refractivity contribution in [1.82, 2.24) is 19.7 Å². The number of hydrogen-bond donors (Lipinski definition) is 4. The average molecular weight is 807 g/mol. The van der Waals surface area contributed by atoms with Crippen LogP contribution >= 0.6 is 31.8 Å². The minimum atomic E-state index is -4.46. The summed E-state index contributed by atoms with van der Waals surface area (Å²) in [4.78, 5) is 26.8. The topological polar surface area (TPSA) is 170 Å². The van der Waals surface area contributed by atoms with Gasteiger partial charge in [-0.1, -0.05) is 129 Å². The van der Waals surface area contributed by atoms with Gasteiger partial charge >= 0.3 is 7.82 Å². The summed E-state index contributed by atoms with van der Waals surface area (Å²) in [5, 5.41) is 21.4. The minimum absolute atomic E-state index is 0.0411. The molecule has 306 valence electrons. The summed E-state index contributed by atoms with van der Waals surface area (Å²) in [6, 6.07) is 0. The molecule has 0 spiro atoms. The van der Waals surface area contributed by atoms with Crippen molar-refractivity contribution in [2.75, 3.05) is 25.6 Å². The number of H-pyrrole nitrogens is 1. The third-order valence-electron chi connectivity index (χ3n) is 9.63. The molecule has 13 nitrogen and oxygen atoms in total. The van der Waals surface area contributed by atoms with Crippen molar-refractivity contribution in [3.8, 4) is 0 Å². The van der Waals surface area contributed by atoms with Gasteiger partial charge in [-0.3, -0.25) is 9.05 Å². The van der Waals surface area contributed by atoms with Gasteiger partial charge in [0.1, 0.15) is 30.2 Å². The van der Waals surface area contributed by atoms with E-state index in [9.17, 15) is 19.7 Å². The van der Waals surface area contributed by atoms with Crippen LogP contribution in [-0.4, -0.2) is 96.3 Å². The molecular weight excluding hydrogens is 740 g/mol. The first kappa shape index (κ1) is 46.3. The summed E-state index contributed by atoms with van der Waals surface area (Å²) >= 11 is 7.18. The molecule has 1 saturated heterocycles. The second-order valence-corrected chi connectivity index (χ2v) is 17.3. The van der Waals surface area contributed by atoms with Crippen molar-refractivity contribution >= 4 is 43.0 Å². The molecule has 0 radical (unpaired) electrons. The van der Waals surface area contributed by atoms with Crippen LogP contribution in [0.25, 0.3) is 11.2 Å². The van der Waals surface area contributed by atoms with Crippen LogP contribution in [0.2, 0.25) is 0 Å². The Morgan fingerprint density at radius 2 is 1.51 bits per heavy atom. The summed E-state index contributed by atoms with van der Waals surface area (Å²) in [7, 11) is -4.46. The van der Waals surface area contributed by atoms with Crippen LogP contribution in [0.4, 0.5) is 0 Å². The lowest BCUT2D eigenvalue weighted by atomic mass is 10.1. The Morgan fingerprint density at radius 1 is 0.887 bits per heavy atom. The number of unbranched alkanes of at least 4 members (excludes halogenated alkanes) is 15. The molecule has 3 unspecified atom stereocenters. The van der Waals surface area contributed by atoms with Gasteiger partial charge in [0, 0.05) is 11.9 Å². The van der Waals surface area contributed by atoms with Crippen molar-refractivity contribution in [2.24, 2.45) is 0 Å². The number of rotatable bonds is 32. The molecule has 2 aromatic heterocycles. The quantitative estimate of drug-likeness (QED) is 0.0316. The van der Waals surface area contributed by atoms with Crippen LogP contribution in [0.15, 0.2) is 12.7 Å². The number of aliphatic hydroxyl groups is 2. The molecule has 0 aromatic carbocycles. The first-order valence-corrected chi connectivity index (χ1v) is 23.1. The van der Waals surface area contributed by atoms with Crippen molar-refractivity contribution in [1.29, 1.82) is 0 Å². The highest BCUT2D eigenvalue weighted by Crippen LogP contribution is 2.44. The fourth-order valence-electron chi connectivity index (χ4n) is 6.37. The highest BCUT2D eigenvalue weighted by molar-refractivity contribution is 7.99. The van der Waals surface area contributed by atoms with Crippen molar-refractivity contribution in [2.45, 2.75) is 179 Å². The number of imidazole rings is 1. The predicted octanol–water partition coefficient (Wildman–Crippen LogP) is 8.46. The standard InChI is InChI=1S/C37H67N4O9PS2/c1-4-6-8-10-11-12-13-14-15-16-18-20-25-53-31(22-19-17-9-7-5-2)29(3)46-23-21-24-47-51(44,45)48-26-30-33(42)34(43)37(49-30)50-41-28-40-32-35(41)38-27-39-36(32)52/h27-31,33-34,37,42-43H,4-26H2,1-3H3,(H,44,45)(H,38,39,52)/t29?,30-,31?,33-,34-,37+/m1/s1. The second kappa shape index (κ2) is 26.7. The number of aromatic nitrogens is 4. The van der Waals surface area contributed by atoms with Gasteiger partial charge in [-0.05, 0) is 31.9 Å². The van der Waals surface area contributed by atoms with E-state index in [0.29, 0.717) is 29.4 Å². The molecule has 2 aromatic rings. The Balaban J connectivity index is 1.30. The summed E-state index contributed by atoms with van der Waals surface area (Å²) < 4.78 is 36.1. The molecule has 1 aliphatic heterocycles. The molecule has 53 heavy (non-hydrogen) atoms. The first-order chi connectivity index (χ1) is 25.7. The van der Waals surface area contributed by atoms with Crippen molar-refractivity contribution in [3.63, 3.8) is 0 Å². The minimum Gasteiger partial charge on any atom is -0.387 e. The van der Waals surface area contributed by atoms with E-state index in [1.54, 1.807) is 0 Å². The summed E-state index contributed by atoms with van der Waals surface area (Å²) in [6.45, 7) is 6.48. The van der Waals surface area contributed by atoms with Gasteiger partial charge in [0.05, 0.1) is 25.6 Å². The number of phosphoric ester groups is 1. The highest BCUT2D eigenvalue weighted by atomic mass is 32.2. The van der Waals surface area contributed by atoms with Gasteiger partial charge in [-0.15, -0.1) is 0 Å². The number of ether oxygens (including phenoxy) is 2. The summed E-state index contributed by atoms with van der Waals surface area (Å²) in [5.41, 5.74) is 0.767. The molecule has 0 bridgehead atoms. The average Bonchev–Trinajstić information content (AvgIpc) is 3.68. The lowest BCUT2D eigenvalue weighted by Crippen LogP contribution is -2.38. The third-order valence-corrected chi connectivity index (χ3v) is 12.5. The van der Waals surface area contributed by atoms with Gasteiger partial charge in [-0.2, -0.15) is 16.5 Å². The van der Waals surface area contributed by atoms with E-state index in [1.807, 2.05) is 11.8 Å². The van der Waals surface area contributed by atoms with Crippen LogP contribution in [0.3, 0.4) is 0 Å². The molecule has 3 heterocycles. The van der Waals surface area contributed by atoms with Crippen LogP contribution in [0, 0.1) is 4.64 Å². The molecule has 16 heteroatoms. The normalized spacial score (nSPS) is 21.2. The largest absolute Gasteiger partial charge is 0.472 e. The lowest BCUT2D eigenvalue weighted by Gasteiger charge is -2.24. The molecule has 0 saturated carbocycles. The maximum absolute atomic E-state index is 12.6. The number of nitrogens with one attached hydrogen (secondary N) is 1. The maximum atomic E-state index is 12.6. The lowest BCUT2D eigenvalue weighted by molar-refractivity contribution is -0.168. The molecule has 0 aliphatic carbocycles. The Bertz CT molecular complexity index is 1350. The van der Waals surface area contributed by atoms with E-state index in [1.165, 1.54) is 127 Å². The van der Waals surface area contributed by atoms with E-state index in [2.05, 4.69) is 35.7 Å². The maximum Gasteiger partial charge on any atom is 0.472 e. The van der Waals surface area contributed by atoms with Gasteiger partial charge < -0.3 is 34.4 Å². The Hall–Kier alpha value is -1.13. The molecule has 7 atom stereocenters. The van der Waals surface area contributed by atoms with E-state index in [-0.39, 0.29) is 17.4 Å². The third kappa shape index (κ3) is 17.7. The van der Waals surface area contributed by atoms with Crippen molar-refractivity contribution in [3.05, 3.63) is 17.3 Å². The van der Waals surface area contributed by atoms with Crippen LogP contribution in [0.1, 0.15) is 143 Å². The number of phosphoric acid groups is 1. The monoisotopic (exact) mass is 806 g/mol. The predicted molar refractivity (Wildman–Crippen MR) is 212 cm³/mol. The van der Waals surface area contributed by atoms with E-state index in [0.717, 1.165) is 12.2 Å². The first-order valence-electron chi connectivity index (χ1n) is 20.1. The Labute approximate surface area is 326 Å². The fourth-order valence-corrected chi connectivity index (χ4v) is 8.70. The molecule has 1 aliphatic rings. The number of hydrogen-bond acceptors (Lipinski definition) is 12. The second-order valence-electron chi connectivity index (χ2n) is 14.1. The number of nitrogens with zero attached hydrogens (tertiary/aromatic N) is 3. The zero-order valence-corrected chi connectivity index (χ0v) is 34.8. The highest BCUT2D eigenvalue weighted by Gasteiger charge is 2.46. The van der Waals surface area contributed by atoms with Gasteiger partial charge in [0.15, 0.2) is 10.3 Å². The number of aliphatic hydroxyl groups excluding tert-OH is 2. The van der Waals surface area contributed by atoms with Gasteiger partial charge in [0.25, 0.3) is 6.29 Å². The van der Waals surface area contributed by atoms with Crippen molar-refractivity contribution < 1.29 is 43.0 Å².